The van der Waals surface area contributed by atoms with E-state index in [1.165, 1.54) is 19.3 Å². The van der Waals surface area contributed by atoms with Crippen LogP contribution in [0.1, 0.15) is 75.6 Å². The van der Waals surface area contributed by atoms with Crippen molar-refractivity contribution in [3.05, 3.63) is 54.1 Å². The molecule has 4 nitrogen and oxygen atoms in total. The van der Waals surface area contributed by atoms with Crippen molar-refractivity contribution in [3.63, 3.8) is 0 Å². The fraction of sp³-hybridized carbons (Fsp3) is 0.440. The van der Waals surface area contributed by atoms with Crippen molar-refractivity contribution in [2.45, 2.75) is 65.2 Å². The van der Waals surface area contributed by atoms with Crippen molar-refractivity contribution in [1.82, 2.24) is 0 Å². The Bertz CT molecular complexity index is 747. The zero-order valence-corrected chi connectivity index (χ0v) is 17.6. The molecule has 2 aromatic rings. The molecule has 0 saturated heterocycles. The summed E-state index contributed by atoms with van der Waals surface area (Å²) < 4.78 is 10.6. The van der Waals surface area contributed by atoms with E-state index in [1.54, 1.807) is 24.3 Å². The van der Waals surface area contributed by atoms with E-state index in [0.717, 1.165) is 36.8 Å². The van der Waals surface area contributed by atoms with Crippen LogP contribution in [-0.2, 0) is 9.53 Å². The van der Waals surface area contributed by atoms with Crippen LogP contribution in [0.5, 0.6) is 5.75 Å². The minimum absolute atomic E-state index is 0.180. The number of esters is 2. The minimum atomic E-state index is -0.290. The van der Waals surface area contributed by atoms with Crippen molar-refractivity contribution >= 4 is 11.9 Å². The highest BCUT2D eigenvalue weighted by molar-refractivity contribution is 5.90. The van der Waals surface area contributed by atoms with E-state index >= 15 is 0 Å². The van der Waals surface area contributed by atoms with E-state index < -0.39 is 0 Å². The highest BCUT2D eigenvalue weighted by Gasteiger charge is 2.08. The van der Waals surface area contributed by atoms with Crippen LogP contribution in [0.2, 0.25) is 0 Å². The van der Waals surface area contributed by atoms with Gasteiger partial charge in [0.15, 0.2) is 0 Å². The zero-order chi connectivity index (χ0) is 20.9. The van der Waals surface area contributed by atoms with Gasteiger partial charge >= 0.3 is 11.9 Å². The molecule has 0 unspecified atom stereocenters. The van der Waals surface area contributed by atoms with Gasteiger partial charge in [0.2, 0.25) is 0 Å². The first-order chi connectivity index (χ1) is 14.1. The summed E-state index contributed by atoms with van der Waals surface area (Å²) >= 11 is 0. The predicted octanol–water partition coefficient (Wildman–Crippen LogP) is 6.58. The molecule has 0 atom stereocenters. The van der Waals surface area contributed by atoms with Crippen molar-refractivity contribution < 1.29 is 19.1 Å². The predicted molar refractivity (Wildman–Crippen MR) is 116 cm³/mol. The summed E-state index contributed by atoms with van der Waals surface area (Å²) in [5.74, 6) is 0.0885. The molecular weight excluding hydrogens is 364 g/mol. The summed E-state index contributed by atoms with van der Waals surface area (Å²) in [6.45, 7) is 4.69. The first-order valence-corrected chi connectivity index (χ1v) is 10.7. The topological polar surface area (TPSA) is 52.6 Å². The molecule has 0 saturated carbocycles. The van der Waals surface area contributed by atoms with Crippen LogP contribution in [0.3, 0.4) is 0 Å². The van der Waals surface area contributed by atoms with Gasteiger partial charge in [0.05, 0.1) is 12.2 Å². The van der Waals surface area contributed by atoms with Crippen LogP contribution in [0.25, 0.3) is 11.1 Å². The maximum absolute atomic E-state index is 12.0. The fourth-order valence-corrected chi connectivity index (χ4v) is 2.96. The van der Waals surface area contributed by atoms with Crippen LogP contribution in [-0.4, -0.2) is 18.5 Å². The van der Waals surface area contributed by atoms with Gasteiger partial charge < -0.3 is 9.47 Å². The van der Waals surface area contributed by atoms with Crippen molar-refractivity contribution in [2.24, 2.45) is 0 Å². The molecule has 2 rings (SSSR count). The first kappa shape index (κ1) is 22.7. The average Bonchev–Trinajstić information content (AvgIpc) is 2.74. The average molecular weight is 397 g/mol. The van der Waals surface area contributed by atoms with E-state index in [9.17, 15) is 9.59 Å². The summed E-state index contributed by atoms with van der Waals surface area (Å²) in [6, 6.07) is 14.8. The lowest BCUT2D eigenvalue weighted by atomic mass is 10.0. The Morgan fingerprint density at radius 1 is 0.724 bits per heavy atom. The molecule has 0 aliphatic rings. The number of hydrogen-bond acceptors (Lipinski definition) is 4. The SMILES string of the molecule is CCCCCCCC(=O)Oc1ccc(-c2ccc(C(=O)OCCCC)cc2)cc1. The number of hydrogen-bond donors (Lipinski definition) is 0. The van der Waals surface area contributed by atoms with Gasteiger partial charge in [-0.2, -0.15) is 0 Å². The molecule has 0 amide bonds. The van der Waals surface area contributed by atoms with Gasteiger partial charge in [-0.1, -0.05) is 70.2 Å². The third kappa shape index (κ3) is 8.10. The molecule has 0 spiro atoms. The van der Waals surface area contributed by atoms with Gasteiger partial charge in [-0.3, -0.25) is 4.79 Å². The Hall–Kier alpha value is -2.62. The molecular formula is C25H32O4. The van der Waals surface area contributed by atoms with Crippen molar-refractivity contribution in [2.75, 3.05) is 6.61 Å². The number of carbonyl (C=O) groups is 2. The quantitative estimate of drug-likeness (QED) is 0.231. The second-order valence-electron chi connectivity index (χ2n) is 7.23. The lowest BCUT2D eigenvalue weighted by Gasteiger charge is -2.07. The van der Waals surface area contributed by atoms with E-state index in [0.29, 0.717) is 24.3 Å². The summed E-state index contributed by atoms with van der Waals surface area (Å²) in [6.07, 6.45) is 7.87. The first-order valence-electron chi connectivity index (χ1n) is 10.7. The van der Waals surface area contributed by atoms with Gasteiger partial charge in [-0.15, -0.1) is 0 Å². The lowest BCUT2D eigenvalue weighted by Crippen LogP contribution is -2.07. The van der Waals surface area contributed by atoms with Crippen LogP contribution in [0.15, 0.2) is 48.5 Å². The Morgan fingerprint density at radius 2 is 1.31 bits per heavy atom. The molecule has 0 N–H and O–H groups in total. The molecule has 0 fully saturated rings. The van der Waals surface area contributed by atoms with Crippen molar-refractivity contribution in [3.8, 4) is 16.9 Å². The van der Waals surface area contributed by atoms with Gasteiger partial charge in [0.1, 0.15) is 5.75 Å². The maximum atomic E-state index is 12.0. The number of ether oxygens (including phenoxy) is 2. The number of unbranched alkanes of at least 4 members (excludes halogenated alkanes) is 5. The summed E-state index contributed by atoms with van der Waals surface area (Å²) in [5.41, 5.74) is 2.54. The normalized spacial score (nSPS) is 10.6. The number of rotatable bonds is 12. The van der Waals surface area contributed by atoms with E-state index in [-0.39, 0.29) is 11.9 Å². The number of carbonyl (C=O) groups excluding carboxylic acids is 2. The molecule has 0 heterocycles. The second-order valence-corrected chi connectivity index (χ2v) is 7.23. The molecule has 0 aliphatic carbocycles. The highest BCUT2D eigenvalue weighted by Crippen LogP contribution is 2.23. The molecule has 2 aromatic carbocycles. The third-order valence-corrected chi connectivity index (χ3v) is 4.76. The maximum Gasteiger partial charge on any atom is 0.338 e. The van der Waals surface area contributed by atoms with Crippen LogP contribution in [0, 0.1) is 0 Å². The van der Waals surface area contributed by atoms with Crippen LogP contribution < -0.4 is 4.74 Å². The molecule has 0 aromatic heterocycles. The summed E-state index contributed by atoms with van der Waals surface area (Å²) in [7, 11) is 0. The van der Waals surface area contributed by atoms with Crippen LogP contribution >= 0.6 is 0 Å². The summed E-state index contributed by atoms with van der Waals surface area (Å²) in [5, 5.41) is 0. The van der Waals surface area contributed by atoms with Gasteiger partial charge in [0.25, 0.3) is 0 Å². The molecule has 0 aliphatic heterocycles. The Balaban J connectivity index is 1.84. The minimum Gasteiger partial charge on any atom is -0.462 e. The summed E-state index contributed by atoms with van der Waals surface area (Å²) in [4.78, 5) is 23.9. The highest BCUT2D eigenvalue weighted by atomic mass is 16.5. The largest absolute Gasteiger partial charge is 0.462 e. The standard InChI is InChI=1S/C25H32O4/c1-3-5-7-8-9-10-24(26)29-23-17-15-21(16-18-23)20-11-13-22(14-12-20)25(27)28-19-6-4-2/h11-18H,3-10,19H2,1-2H3. The molecule has 0 bridgehead atoms. The Morgan fingerprint density at radius 3 is 1.93 bits per heavy atom. The monoisotopic (exact) mass is 396 g/mol. The Labute approximate surface area is 174 Å². The van der Waals surface area contributed by atoms with E-state index in [2.05, 4.69) is 13.8 Å². The van der Waals surface area contributed by atoms with Gasteiger partial charge in [-0.05, 0) is 48.2 Å². The van der Waals surface area contributed by atoms with Crippen LogP contribution in [0.4, 0.5) is 0 Å². The van der Waals surface area contributed by atoms with Gasteiger partial charge in [-0.25, -0.2) is 4.79 Å². The number of benzene rings is 2. The smallest absolute Gasteiger partial charge is 0.338 e. The van der Waals surface area contributed by atoms with Gasteiger partial charge in [0, 0.05) is 6.42 Å². The van der Waals surface area contributed by atoms with Crippen molar-refractivity contribution in [1.29, 1.82) is 0 Å². The van der Waals surface area contributed by atoms with E-state index in [4.69, 9.17) is 9.47 Å². The fourth-order valence-electron chi connectivity index (χ4n) is 2.96. The zero-order valence-electron chi connectivity index (χ0n) is 17.6. The van der Waals surface area contributed by atoms with E-state index in [1.807, 2.05) is 24.3 Å². The molecule has 156 valence electrons. The second kappa shape index (κ2) is 12.8. The third-order valence-electron chi connectivity index (χ3n) is 4.76. The molecule has 29 heavy (non-hydrogen) atoms. The molecule has 4 heteroatoms. The Kier molecular flexibility index (Phi) is 9.98. The lowest BCUT2D eigenvalue weighted by molar-refractivity contribution is -0.134. The molecule has 0 radical (unpaired) electrons.